The van der Waals surface area contributed by atoms with E-state index in [1.165, 1.54) is 37.7 Å². The highest BCUT2D eigenvalue weighted by Gasteiger charge is 2.49. The van der Waals surface area contributed by atoms with Crippen LogP contribution in [0.1, 0.15) is 51.5 Å². The standard InChI is InChI=1S/C18H30O3Si/c1-3-19-22(20-4-2,18-13-9-6-10-14-18)21-16-15-17-11-7-5-8-12-17/h5,7-8,11-12,18H,3-4,6,9-10,13-16H2,1-2H3. The van der Waals surface area contributed by atoms with Crippen LogP contribution in [-0.2, 0) is 19.7 Å². The normalized spacial score (nSPS) is 16.8. The van der Waals surface area contributed by atoms with E-state index >= 15 is 0 Å². The molecule has 0 aliphatic heterocycles. The second kappa shape index (κ2) is 9.45. The molecule has 0 aromatic heterocycles. The maximum atomic E-state index is 6.35. The Hall–Kier alpha value is -0.683. The lowest BCUT2D eigenvalue weighted by Crippen LogP contribution is -2.51. The molecule has 0 radical (unpaired) electrons. The fraction of sp³-hybridized carbons (Fsp3) is 0.667. The molecule has 0 heterocycles. The quantitative estimate of drug-likeness (QED) is 0.622. The molecule has 22 heavy (non-hydrogen) atoms. The predicted octanol–water partition coefficient (Wildman–Crippen LogP) is 4.59. The Balaban J connectivity index is 1.98. The van der Waals surface area contributed by atoms with Gasteiger partial charge in [0.25, 0.3) is 0 Å². The van der Waals surface area contributed by atoms with Crippen molar-refractivity contribution in [2.45, 2.75) is 57.9 Å². The molecule has 4 heteroatoms. The number of benzene rings is 1. The van der Waals surface area contributed by atoms with Gasteiger partial charge >= 0.3 is 8.80 Å². The van der Waals surface area contributed by atoms with Crippen LogP contribution in [0.2, 0.25) is 5.54 Å². The Kier molecular flexibility index (Phi) is 7.59. The topological polar surface area (TPSA) is 27.7 Å². The van der Waals surface area contributed by atoms with Crippen LogP contribution in [-0.4, -0.2) is 28.6 Å². The number of hydrogen-bond donors (Lipinski definition) is 0. The molecule has 2 rings (SSSR count). The average molecular weight is 323 g/mol. The summed E-state index contributed by atoms with van der Waals surface area (Å²) >= 11 is 0. The molecule has 1 saturated carbocycles. The van der Waals surface area contributed by atoms with Crippen molar-refractivity contribution in [2.75, 3.05) is 19.8 Å². The first kappa shape index (κ1) is 17.7. The van der Waals surface area contributed by atoms with Gasteiger partial charge in [-0.05, 0) is 38.7 Å². The summed E-state index contributed by atoms with van der Waals surface area (Å²) in [5.74, 6) is 0. The molecular formula is C18H30O3Si. The summed E-state index contributed by atoms with van der Waals surface area (Å²) in [7, 11) is -2.55. The molecule has 0 bridgehead atoms. The van der Waals surface area contributed by atoms with E-state index in [4.69, 9.17) is 13.3 Å². The molecule has 0 amide bonds. The van der Waals surface area contributed by atoms with E-state index in [1.54, 1.807) is 0 Å². The largest absolute Gasteiger partial charge is 0.504 e. The van der Waals surface area contributed by atoms with Gasteiger partial charge in [0, 0.05) is 25.4 Å². The van der Waals surface area contributed by atoms with Crippen molar-refractivity contribution in [1.82, 2.24) is 0 Å². The Morgan fingerprint density at radius 2 is 1.55 bits per heavy atom. The van der Waals surface area contributed by atoms with E-state index in [2.05, 4.69) is 24.3 Å². The summed E-state index contributed by atoms with van der Waals surface area (Å²) in [5, 5.41) is 0. The smallest absolute Gasteiger partial charge is 0.374 e. The summed E-state index contributed by atoms with van der Waals surface area (Å²) < 4.78 is 18.6. The van der Waals surface area contributed by atoms with E-state index in [9.17, 15) is 0 Å². The van der Waals surface area contributed by atoms with Gasteiger partial charge in [0.15, 0.2) is 0 Å². The highest BCUT2D eigenvalue weighted by atomic mass is 28.4. The zero-order valence-corrected chi connectivity index (χ0v) is 15.1. The number of hydrogen-bond acceptors (Lipinski definition) is 3. The van der Waals surface area contributed by atoms with Crippen molar-refractivity contribution >= 4 is 8.80 Å². The van der Waals surface area contributed by atoms with E-state index < -0.39 is 8.80 Å². The summed E-state index contributed by atoms with van der Waals surface area (Å²) in [6.45, 7) is 6.13. The minimum absolute atomic E-state index is 0.483. The van der Waals surface area contributed by atoms with Gasteiger partial charge in [0.05, 0.1) is 0 Å². The maximum Gasteiger partial charge on any atom is 0.504 e. The van der Waals surface area contributed by atoms with Crippen molar-refractivity contribution in [3.05, 3.63) is 35.9 Å². The number of rotatable bonds is 9. The molecule has 1 aromatic rings. The molecule has 1 aromatic carbocycles. The van der Waals surface area contributed by atoms with Gasteiger partial charge < -0.3 is 13.3 Å². The molecule has 0 unspecified atom stereocenters. The summed E-state index contributed by atoms with van der Waals surface area (Å²) in [6, 6.07) is 10.5. The van der Waals surface area contributed by atoms with Crippen LogP contribution in [0.15, 0.2) is 30.3 Å². The van der Waals surface area contributed by atoms with Gasteiger partial charge in [-0.25, -0.2) is 0 Å². The van der Waals surface area contributed by atoms with E-state index in [1.807, 2.05) is 19.9 Å². The van der Waals surface area contributed by atoms with Crippen LogP contribution < -0.4 is 0 Å². The van der Waals surface area contributed by atoms with E-state index in [0.29, 0.717) is 25.4 Å². The first-order chi connectivity index (χ1) is 10.8. The predicted molar refractivity (Wildman–Crippen MR) is 91.9 cm³/mol. The van der Waals surface area contributed by atoms with Gasteiger partial charge in [-0.15, -0.1) is 0 Å². The van der Waals surface area contributed by atoms with Crippen molar-refractivity contribution in [3.63, 3.8) is 0 Å². The van der Waals surface area contributed by atoms with Gasteiger partial charge in [0.2, 0.25) is 0 Å². The van der Waals surface area contributed by atoms with Crippen LogP contribution in [0.3, 0.4) is 0 Å². The van der Waals surface area contributed by atoms with Crippen molar-refractivity contribution in [1.29, 1.82) is 0 Å². The van der Waals surface area contributed by atoms with Gasteiger partial charge in [-0.3, -0.25) is 0 Å². The lowest BCUT2D eigenvalue weighted by Gasteiger charge is -2.37. The molecule has 1 aliphatic rings. The second-order valence-electron chi connectivity index (χ2n) is 5.89. The molecule has 3 nitrogen and oxygen atoms in total. The highest BCUT2D eigenvalue weighted by Crippen LogP contribution is 2.38. The Morgan fingerprint density at radius 1 is 0.909 bits per heavy atom. The summed E-state index contributed by atoms with van der Waals surface area (Å²) in [4.78, 5) is 0. The van der Waals surface area contributed by atoms with Crippen molar-refractivity contribution in [2.24, 2.45) is 0 Å². The monoisotopic (exact) mass is 322 g/mol. The molecule has 1 fully saturated rings. The SMILES string of the molecule is CCO[Si](OCC)(OCCc1ccccc1)C1CCCCC1. The van der Waals surface area contributed by atoms with Gasteiger partial charge in [-0.2, -0.15) is 0 Å². The highest BCUT2D eigenvalue weighted by molar-refractivity contribution is 6.62. The second-order valence-corrected chi connectivity index (χ2v) is 8.78. The molecule has 1 aliphatic carbocycles. The lowest BCUT2D eigenvalue weighted by molar-refractivity contribution is 0.0530. The third-order valence-corrected chi connectivity index (χ3v) is 7.90. The molecule has 124 valence electrons. The summed E-state index contributed by atoms with van der Waals surface area (Å²) in [5.41, 5.74) is 1.79. The third kappa shape index (κ3) is 4.91. The van der Waals surface area contributed by atoms with E-state index in [-0.39, 0.29) is 0 Å². The van der Waals surface area contributed by atoms with Crippen LogP contribution in [0.5, 0.6) is 0 Å². The van der Waals surface area contributed by atoms with Crippen LogP contribution in [0, 0.1) is 0 Å². The molecular weight excluding hydrogens is 292 g/mol. The minimum Gasteiger partial charge on any atom is -0.374 e. The zero-order chi connectivity index (χ0) is 15.7. The minimum atomic E-state index is -2.55. The van der Waals surface area contributed by atoms with Crippen LogP contribution in [0.25, 0.3) is 0 Å². The Morgan fingerprint density at radius 3 is 2.14 bits per heavy atom. The van der Waals surface area contributed by atoms with Gasteiger partial charge in [0.1, 0.15) is 0 Å². The maximum absolute atomic E-state index is 6.35. The average Bonchev–Trinajstić information content (AvgIpc) is 2.57. The summed E-state index contributed by atoms with van der Waals surface area (Å²) in [6.07, 6.45) is 7.20. The fourth-order valence-corrected chi connectivity index (χ4v) is 6.56. The zero-order valence-electron chi connectivity index (χ0n) is 14.1. The first-order valence-corrected chi connectivity index (χ1v) is 10.6. The van der Waals surface area contributed by atoms with E-state index in [0.717, 1.165) is 6.42 Å². The molecule has 0 saturated heterocycles. The Bertz CT molecular complexity index is 398. The van der Waals surface area contributed by atoms with Crippen LogP contribution in [0.4, 0.5) is 0 Å². The van der Waals surface area contributed by atoms with Crippen molar-refractivity contribution < 1.29 is 13.3 Å². The molecule has 0 N–H and O–H groups in total. The van der Waals surface area contributed by atoms with Gasteiger partial charge in [-0.1, -0.05) is 49.6 Å². The first-order valence-electron chi connectivity index (χ1n) is 8.76. The lowest BCUT2D eigenvalue weighted by atomic mass is 10.0. The third-order valence-electron chi connectivity index (χ3n) is 4.33. The molecule has 0 spiro atoms. The fourth-order valence-electron chi connectivity index (χ4n) is 3.29. The molecule has 0 atom stereocenters. The van der Waals surface area contributed by atoms with Crippen LogP contribution >= 0.6 is 0 Å². The van der Waals surface area contributed by atoms with Crippen molar-refractivity contribution in [3.8, 4) is 0 Å². The Labute approximate surface area is 136 Å².